The topological polar surface area (TPSA) is 70.1 Å². The van der Waals surface area contributed by atoms with Crippen molar-refractivity contribution < 1.29 is 19.4 Å². The molecular weight excluding hydrogens is 320 g/mol. The highest BCUT2D eigenvalue weighted by atomic mass is 16.5. The summed E-state index contributed by atoms with van der Waals surface area (Å²) in [5, 5.41) is 11.2. The lowest BCUT2D eigenvalue weighted by atomic mass is 9.70. The molecule has 3 saturated heterocycles. The number of carbonyl (C=O) groups is 2. The van der Waals surface area contributed by atoms with E-state index >= 15 is 0 Å². The number of piperidine rings is 1. The molecule has 3 aliphatic rings. The van der Waals surface area contributed by atoms with Gasteiger partial charge in [0.05, 0.1) is 12.1 Å². The standard InChI is InChI=1S/C19H32N2O4/c1-15-13-21(10-8-19(15,24)16-6-11-25-12-7-16)18(23)14-20-9-4-2-3-5-17(20)22/h15-16,24H,2-14H2,1H3. The first-order valence-electron chi connectivity index (χ1n) is 9.86. The molecule has 3 aliphatic heterocycles. The molecule has 0 aromatic carbocycles. The summed E-state index contributed by atoms with van der Waals surface area (Å²) < 4.78 is 5.42. The van der Waals surface area contributed by atoms with Crippen LogP contribution in [-0.2, 0) is 14.3 Å². The number of aliphatic hydroxyl groups is 1. The number of hydrogen-bond donors (Lipinski definition) is 1. The molecule has 142 valence electrons. The minimum atomic E-state index is -0.695. The number of amides is 2. The van der Waals surface area contributed by atoms with E-state index in [9.17, 15) is 14.7 Å². The number of hydrogen-bond acceptors (Lipinski definition) is 4. The van der Waals surface area contributed by atoms with E-state index in [4.69, 9.17) is 4.74 Å². The average Bonchev–Trinajstić information content (AvgIpc) is 2.82. The lowest BCUT2D eigenvalue weighted by Gasteiger charge is -2.48. The van der Waals surface area contributed by atoms with Gasteiger partial charge in [0, 0.05) is 45.2 Å². The molecule has 25 heavy (non-hydrogen) atoms. The minimum Gasteiger partial charge on any atom is -0.389 e. The van der Waals surface area contributed by atoms with E-state index in [1.165, 1.54) is 0 Å². The SMILES string of the molecule is CC1CN(C(=O)CN2CCCCCC2=O)CCC1(O)C1CCOCC1. The van der Waals surface area contributed by atoms with Crippen molar-refractivity contribution in [3.8, 4) is 0 Å². The largest absolute Gasteiger partial charge is 0.389 e. The summed E-state index contributed by atoms with van der Waals surface area (Å²) in [5.74, 6) is 0.444. The van der Waals surface area contributed by atoms with Gasteiger partial charge in [-0.05, 0) is 38.0 Å². The molecule has 6 heteroatoms. The lowest BCUT2D eigenvalue weighted by molar-refractivity contribution is -0.154. The fourth-order valence-electron chi connectivity index (χ4n) is 4.64. The molecule has 1 N–H and O–H groups in total. The third-order valence-electron chi connectivity index (χ3n) is 6.41. The molecule has 0 spiro atoms. The Balaban J connectivity index is 1.56. The Morgan fingerprint density at radius 1 is 1.24 bits per heavy atom. The molecule has 3 rings (SSSR count). The second-order valence-electron chi connectivity index (χ2n) is 7.99. The van der Waals surface area contributed by atoms with E-state index in [0.717, 1.165) is 45.3 Å². The molecule has 3 fully saturated rings. The fraction of sp³-hybridized carbons (Fsp3) is 0.895. The summed E-state index contributed by atoms with van der Waals surface area (Å²) in [6, 6.07) is 0. The third-order valence-corrected chi connectivity index (χ3v) is 6.41. The first-order chi connectivity index (χ1) is 12.0. The van der Waals surface area contributed by atoms with Gasteiger partial charge in [-0.1, -0.05) is 13.3 Å². The van der Waals surface area contributed by atoms with Gasteiger partial charge in [-0.2, -0.15) is 0 Å². The van der Waals surface area contributed by atoms with Crippen molar-refractivity contribution >= 4 is 11.8 Å². The monoisotopic (exact) mass is 352 g/mol. The number of rotatable bonds is 3. The normalized spacial score (nSPS) is 32.6. The first kappa shape index (κ1) is 18.6. The van der Waals surface area contributed by atoms with Crippen LogP contribution in [0.3, 0.4) is 0 Å². The molecule has 6 nitrogen and oxygen atoms in total. The molecule has 0 bridgehead atoms. The van der Waals surface area contributed by atoms with Crippen molar-refractivity contribution in [1.82, 2.24) is 9.80 Å². The van der Waals surface area contributed by atoms with Gasteiger partial charge in [0.2, 0.25) is 11.8 Å². The second-order valence-corrected chi connectivity index (χ2v) is 7.99. The molecule has 3 heterocycles. The van der Waals surface area contributed by atoms with Crippen molar-refractivity contribution in [3.63, 3.8) is 0 Å². The Morgan fingerprint density at radius 2 is 2.00 bits per heavy atom. The number of nitrogens with zero attached hydrogens (tertiary/aromatic N) is 2. The summed E-state index contributed by atoms with van der Waals surface area (Å²) in [6.45, 7) is 5.54. The van der Waals surface area contributed by atoms with Gasteiger partial charge in [0.1, 0.15) is 0 Å². The average molecular weight is 352 g/mol. The van der Waals surface area contributed by atoms with Gasteiger partial charge in [-0.3, -0.25) is 9.59 Å². The maximum absolute atomic E-state index is 12.7. The van der Waals surface area contributed by atoms with E-state index < -0.39 is 5.60 Å². The van der Waals surface area contributed by atoms with E-state index in [1.54, 1.807) is 4.90 Å². The number of carbonyl (C=O) groups excluding carboxylic acids is 2. The van der Waals surface area contributed by atoms with Gasteiger partial charge < -0.3 is 19.6 Å². The molecule has 0 saturated carbocycles. The van der Waals surface area contributed by atoms with E-state index in [0.29, 0.717) is 32.5 Å². The number of likely N-dealkylation sites (tertiary alicyclic amines) is 2. The van der Waals surface area contributed by atoms with Crippen LogP contribution in [0.4, 0.5) is 0 Å². The van der Waals surface area contributed by atoms with E-state index in [-0.39, 0.29) is 30.2 Å². The first-order valence-corrected chi connectivity index (χ1v) is 9.86. The van der Waals surface area contributed by atoms with Crippen molar-refractivity contribution in [1.29, 1.82) is 0 Å². The van der Waals surface area contributed by atoms with E-state index in [2.05, 4.69) is 0 Å². The molecule has 0 aliphatic carbocycles. The van der Waals surface area contributed by atoms with Crippen LogP contribution in [0.5, 0.6) is 0 Å². The predicted molar refractivity (Wildman–Crippen MR) is 93.9 cm³/mol. The third kappa shape index (κ3) is 4.17. The van der Waals surface area contributed by atoms with Crippen LogP contribution in [0.25, 0.3) is 0 Å². The molecule has 2 atom stereocenters. The van der Waals surface area contributed by atoms with Crippen molar-refractivity contribution in [2.45, 2.75) is 57.5 Å². The van der Waals surface area contributed by atoms with Gasteiger partial charge in [-0.15, -0.1) is 0 Å². The minimum absolute atomic E-state index is 0.0242. The van der Waals surface area contributed by atoms with Crippen LogP contribution in [-0.4, -0.2) is 71.7 Å². The zero-order chi connectivity index (χ0) is 17.9. The lowest BCUT2D eigenvalue weighted by Crippen LogP contribution is -2.58. The Bertz CT molecular complexity index is 492. The molecular formula is C19H32N2O4. The quantitative estimate of drug-likeness (QED) is 0.834. The highest BCUT2D eigenvalue weighted by Gasteiger charge is 2.46. The summed E-state index contributed by atoms with van der Waals surface area (Å²) >= 11 is 0. The summed E-state index contributed by atoms with van der Waals surface area (Å²) in [6.07, 6.45) is 5.97. The highest BCUT2D eigenvalue weighted by Crippen LogP contribution is 2.39. The van der Waals surface area contributed by atoms with Crippen LogP contribution in [0.15, 0.2) is 0 Å². The van der Waals surface area contributed by atoms with Gasteiger partial charge >= 0.3 is 0 Å². The summed E-state index contributed by atoms with van der Waals surface area (Å²) in [4.78, 5) is 28.4. The van der Waals surface area contributed by atoms with Gasteiger partial charge in [0.15, 0.2) is 0 Å². The Labute approximate surface area is 150 Å². The number of ether oxygens (including phenoxy) is 1. The zero-order valence-corrected chi connectivity index (χ0v) is 15.4. The van der Waals surface area contributed by atoms with E-state index in [1.807, 2.05) is 11.8 Å². The molecule has 2 unspecified atom stereocenters. The highest BCUT2D eigenvalue weighted by molar-refractivity contribution is 5.85. The second kappa shape index (κ2) is 8.04. The summed E-state index contributed by atoms with van der Waals surface area (Å²) in [7, 11) is 0. The maximum Gasteiger partial charge on any atom is 0.242 e. The smallest absolute Gasteiger partial charge is 0.242 e. The fourth-order valence-corrected chi connectivity index (χ4v) is 4.64. The molecule has 0 aromatic heterocycles. The Hall–Kier alpha value is -1.14. The maximum atomic E-state index is 12.7. The van der Waals surface area contributed by atoms with Crippen LogP contribution in [0, 0.1) is 11.8 Å². The van der Waals surface area contributed by atoms with Crippen molar-refractivity contribution in [2.75, 3.05) is 39.4 Å². The molecule has 0 aromatic rings. The Morgan fingerprint density at radius 3 is 2.72 bits per heavy atom. The van der Waals surface area contributed by atoms with Crippen LogP contribution >= 0.6 is 0 Å². The predicted octanol–water partition coefficient (Wildman–Crippen LogP) is 1.42. The van der Waals surface area contributed by atoms with Crippen LogP contribution in [0.1, 0.15) is 51.9 Å². The molecule has 0 radical (unpaired) electrons. The Kier molecular flexibility index (Phi) is 6.00. The van der Waals surface area contributed by atoms with Crippen LogP contribution < -0.4 is 0 Å². The van der Waals surface area contributed by atoms with Crippen molar-refractivity contribution in [3.05, 3.63) is 0 Å². The van der Waals surface area contributed by atoms with Gasteiger partial charge in [0.25, 0.3) is 0 Å². The van der Waals surface area contributed by atoms with Crippen molar-refractivity contribution in [2.24, 2.45) is 11.8 Å². The molecule has 2 amide bonds. The van der Waals surface area contributed by atoms with Crippen LogP contribution in [0.2, 0.25) is 0 Å². The summed E-state index contributed by atoms with van der Waals surface area (Å²) in [5.41, 5.74) is -0.695. The zero-order valence-electron chi connectivity index (χ0n) is 15.4. The van der Waals surface area contributed by atoms with Gasteiger partial charge in [-0.25, -0.2) is 0 Å².